The van der Waals surface area contributed by atoms with Gasteiger partial charge in [0.05, 0.1) is 16.8 Å². The molecular weight excluding hydrogens is 396 g/mol. The quantitative estimate of drug-likeness (QED) is 0.629. The standard InChI is InChI=1S/C24H24N2O3S/c1-13-8-14(2)22(15(3)9-13)23-18(27)10-16(24(23)29)11-20(28)25-12-21-26-17-6-4-5-7-19(17)30-21/h4-9,16,23H,10-12H2,1-3H3,(H,25,28). The van der Waals surface area contributed by atoms with Gasteiger partial charge >= 0.3 is 0 Å². The van der Waals surface area contributed by atoms with Crippen LogP contribution in [0.4, 0.5) is 0 Å². The van der Waals surface area contributed by atoms with Gasteiger partial charge in [0.25, 0.3) is 0 Å². The zero-order valence-electron chi connectivity index (χ0n) is 17.3. The highest BCUT2D eigenvalue weighted by Crippen LogP contribution is 2.37. The van der Waals surface area contributed by atoms with E-state index in [0.29, 0.717) is 6.54 Å². The van der Waals surface area contributed by atoms with Crippen molar-refractivity contribution in [3.05, 3.63) is 63.7 Å². The molecule has 3 aromatic rings. The number of nitrogens with zero attached hydrogens (tertiary/aromatic N) is 1. The van der Waals surface area contributed by atoms with Crippen LogP contribution in [0.25, 0.3) is 10.2 Å². The molecule has 1 aliphatic carbocycles. The maximum absolute atomic E-state index is 13.0. The lowest BCUT2D eigenvalue weighted by Crippen LogP contribution is -2.27. The molecule has 1 heterocycles. The number of rotatable bonds is 5. The van der Waals surface area contributed by atoms with E-state index in [1.165, 1.54) is 11.3 Å². The predicted molar refractivity (Wildman–Crippen MR) is 118 cm³/mol. The Kier molecular flexibility index (Phi) is 5.52. The molecule has 0 aliphatic heterocycles. The Labute approximate surface area is 179 Å². The van der Waals surface area contributed by atoms with Gasteiger partial charge in [-0.25, -0.2) is 4.98 Å². The minimum Gasteiger partial charge on any atom is -0.350 e. The molecule has 30 heavy (non-hydrogen) atoms. The number of hydrogen-bond acceptors (Lipinski definition) is 5. The second-order valence-corrected chi connectivity index (χ2v) is 9.19. The minimum atomic E-state index is -0.743. The van der Waals surface area contributed by atoms with Gasteiger partial charge in [0.1, 0.15) is 16.7 Å². The van der Waals surface area contributed by atoms with Crippen LogP contribution in [0.5, 0.6) is 0 Å². The number of benzene rings is 2. The Balaban J connectivity index is 1.42. The third-order valence-electron chi connectivity index (χ3n) is 5.69. The number of aryl methyl sites for hydroxylation is 3. The second-order valence-electron chi connectivity index (χ2n) is 8.07. The molecule has 154 valence electrons. The zero-order valence-corrected chi connectivity index (χ0v) is 18.1. The van der Waals surface area contributed by atoms with Gasteiger partial charge in [0, 0.05) is 18.8 Å². The summed E-state index contributed by atoms with van der Waals surface area (Å²) in [7, 11) is 0. The fourth-order valence-electron chi connectivity index (χ4n) is 4.44. The highest BCUT2D eigenvalue weighted by atomic mass is 32.1. The summed E-state index contributed by atoms with van der Waals surface area (Å²) in [5, 5.41) is 3.67. The van der Waals surface area contributed by atoms with Gasteiger partial charge in [-0.3, -0.25) is 14.4 Å². The van der Waals surface area contributed by atoms with E-state index in [2.05, 4.69) is 10.3 Å². The smallest absolute Gasteiger partial charge is 0.221 e. The summed E-state index contributed by atoms with van der Waals surface area (Å²) >= 11 is 1.54. The SMILES string of the molecule is Cc1cc(C)c(C2C(=O)CC(CC(=O)NCc3nc4ccccc4s3)C2=O)c(C)c1. The first-order chi connectivity index (χ1) is 14.3. The molecule has 1 amide bonds. The third kappa shape index (κ3) is 3.92. The molecule has 2 aromatic carbocycles. The number of carbonyl (C=O) groups excluding carboxylic acids is 3. The van der Waals surface area contributed by atoms with Gasteiger partial charge < -0.3 is 5.32 Å². The molecule has 2 unspecified atom stereocenters. The van der Waals surface area contributed by atoms with Gasteiger partial charge in [0.15, 0.2) is 5.78 Å². The van der Waals surface area contributed by atoms with E-state index in [0.717, 1.165) is 37.5 Å². The van der Waals surface area contributed by atoms with E-state index in [4.69, 9.17) is 0 Å². The molecule has 0 spiro atoms. The number of para-hydroxylation sites is 1. The van der Waals surface area contributed by atoms with E-state index < -0.39 is 11.8 Å². The summed E-state index contributed by atoms with van der Waals surface area (Å²) in [6.07, 6.45) is 0.167. The molecule has 0 bridgehead atoms. The molecule has 2 atom stereocenters. The topological polar surface area (TPSA) is 76.1 Å². The van der Waals surface area contributed by atoms with Gasteiger partial charge in [-0.15, -0.1) is 11.3 Å². The number of carbonyl (C=O) groups is 3. The zero-order chi connectivity index (χ0) is 21.4. The Hall–Kier alpha value is -2.86. The number of hydrogen-bond donors (Lipinski definition) is 1. The molecule has 5 nitrogen and oxygen atoms in total. The fraction of sp³-hybridized carbons (Fsp3) is 0.333. The van der Waals surface area contributed by atoms with Crippen molar-refractivity contribution in [1.29, 1.82) is 0 Å². The highest BCUT2D eigenvalue weighted by Gasteiger charge is 2.43. The van der Waals surface area contributed by atoms with Crippen LogP contribution in [0.1, 0.15) is 46.0 Å². The van der Waals surface area contributed by atoms with Crippen molar-refractivity contribution >= 4 is 39.0 Å². The van der Waals surface area contributed by atoms with Crippen molar-refractivity contribution < 1.29 is 14.4 Å². The second kappa shape index (κ2) is 8.11. The third-order valence-corrected chi connectivity index (χ3v) is 6.73. The number of thiazole rings is 1. The Morgan fingerprint density at radius 2 is 1.83 bits per heavy atom. The lowest BCUT2D eigenvalue weighted by atomic mass is 9.86. The predicted octanol–water partition coefficient (Wildman–Crippen LogP) is 4.17. The normalized spacial score (nSPS) is 18.9. The Bertz CT molecular complexity index is 1110. The Morgan fingerprint density at radius 3 is 2.53 bits per heavy atom. The van der Waals surface area contributed by atoms with Crippen LogP contribution in [0.15, 0.2) is 36.4 Å². The first-order valence-corrected chi connectivity index (χ1v) is 10.9. The summed E-state index contributed by atoms with van der Waals surface area (Å²) in [5.41, 5.74) is 4.75. The lowest BCUT2D eigenvalue weighted by molar-refractivity contribution is -0.128. The molecule has 4 rings (SSSR count). The molecule has 1 N–H and O–H groups in total. The average Bonchev–Trinajstić information content (AvgIpc) is 3.21. The molecule has 1 aliphatic rings. The van der Waals surface area contributed by atoms with E-state index in [9.17, 15) is 14.4 Å². The fourth-order valence-corrected chi connectivity index (χ4v) is 5.35. The summed E-state index contributed by atoms with van der Waals surface area (Å²) in [6.45, 7) is 6.20. The van der Waals surface area contributed by atoms with Crippen molar-refractivity contribution in [1.82, 2.24) is 10.3 Å². The maximum atomic E-state index is 13.0. The number of amides is 1. The number of aromatic nitrogens is 1. The van der Waals surface area contributed by atoms with Crippen LogP contribution in [-0.4, -0.2) is 22.5 Å². The number of Topliss-reactive ketones (excluding diaryl/α,β-unsaturated/α-hetero) is 2. The van der Waals surface area contributed by atoms with Gasteiger partial charge in [-0.2, -0.15) is 0 Å². The van der Waals surface area contributed by atoms with E-state index in [1.807, 2.05) is 57.2 Å². The van der Waals surface area contributed by atoms with Crippen molar-refractivity contribution in [3.63, 3.8) is 0 Å². The molecule has 1 saturated carbocycles. The average molecular weight is 421 g/mol. The van der Waals surface area contributed by atoms with Gasteiger partial charge in [-0.05, 0) is 49.6 Å². The molecule has 1 aromatic heterocycles. The molecule has 6 heteroatoms. The summed E-state index contributed by atoms with van der Waals surface area (Å²) in [4.78, 5) is 42.7. The Morgan fingerprint density at radius 1 is 1.13 bits per heavy atom. The van der Waals surface area contributed by atoms with Crippen molar-refractivity contribution in [2.75, 3.05) is 0 Å². The van der Waals surface area contributed by atoms with Crippen molar-refractivity contribution in [3.8, 4) is 0 Å². The summed E-state index contributed by atoms with van der Waals surface area (Å²) in [5.74, 6) is -1.74. The van der Waals surface area contributed by atoms with Crippen molar-refractivity contribution in [2.45, 2.75) is 46.1 Å². The van der Waals surface area contributed by atoms with Crippen LogP contribution >= 0.6 is 11.3 Å². The van der Waals surface area contributed by atoms with Crippen molar-refractivity contribution in [2.24, 2.45) is 5.92 Å². The van der Waals surface area contributed by atoms with Crippen LogP contribution in [0.3, 0.4) is 0 Å². The van der Waals surface area contributed by atoms with Gasteiger partial charge in [0.2, 0.25) is 5.91 Å². The summed E-state index contributed by atoms with van der Waals surface area (Å²) < 4.78 is 1.07. The van der Waals surface area contributed by atoms with Crippen LogP contribution in [-0.2, 0) is 20.9 Å². The van der Waals surface area contributed by atoms with E-state index >= 15 is 0 Å². The van der Waals surface area contributed by atoms with Crippen LogP contribution in [0.2, 0.25) is 0 Å². The first-order valence-electron chi connectivity index (χ1n) is 10.1. The molecule has 1 fully saturated rings. The van der Waals surface area contributed by atoms with E-state index in [1.54, 1.807) is 0 Å². The minimum absolute atomic E-state index is 0.0376. The monoisotopic (exact) mass is 420 g/mol. The number of nitrogens with one attached hydrogen (secondary N) is 1. The number of fused-ring (bicyclic) bond motifs is 1. The number of ketones is 2. The largest absolute Gasteiger partial charge is 0.350 e. The van der Waals surface area contributed by atoms with Crippen LogP contribution < -0.4 is 5.32 Å². The summed E-state index contributed by atoms with van der Waals surface area (Å²) in [6, 6.07) is 11.8. The maximum Gasteiger partial charge on any atom is 0.221 e. The molecule has 0 radical (unpaired) electrons. The molecule has 0 saturated heterocycles. The first kappa shape index (κ1) is 20.4. The molecular formula is C24H24N2O3S. The highest BCUT2D eigenvalue weighted by molar-refractivity contribution is 7.18. The van der Waals surface area contributed by atoms with Crippen LogP contribution in [0, 0.1) is 26.7 Å². The van der Waals surface area contributed by atoms with E-state index in [-0.39, 0.29) is 30.3 Å². The lowest BCUT2D eigenvalue weighted by Gasteiger charge is -2.16. The van der Waals surface area contributed by atoms with Gasteiger partial charge in [-0.1, -0.05) is 29.8 Å².